The number of carbonyl (C=O) groups excluding carboxylic acids is 1. The maximum Gasteiger partial charge on any atom is 0.409 e. The Morgan fingerprint density at radius 2 is 2.12 bits per heavy atom. The normalized spacial score (nSPS) is 20.6. The van der Waals surface area contributed by atoms with Crippen LogP contribution in [0.25, 0.3) is 0 Å². The molecule has 0 spiro atoms. The molecule has 0 aliphatic carbocycles. The molecular formula is C10H19N3O3. The summed E-state index contributed by atoms with van der Waals surface area (Å²) >= 11 is 0. The number of oxime groups is 1. The van der Waals surface area contributed by atoms with Crippen molar-refractivity contribution < 1.29 is 14.7 Å². The van der Waals surface area contributed by atoms with E-state index in [9.17, 15) is 4.79 Å². The van der Waals surface area contributed by atoms with Gasteiger partial charge < -0.3 is 20.6 Å². The number of piperidine rings is 1. The lowest BCUT2D eigenvalue weighted by atomic mass is 9.79. The van der Waals surface area contributed by atoms with E-state index in [2.05, 4.69) is 5.16 Å². The monoisotopic (exact) mass is 229 g/mol. The van der Waals surface area contributed by atoms with Crippen LogP contribution in [0.4, 0.5) is 4.79 Å². The number of hydrogen-bond donors (Lipinski definition) is 2. The van der Waals surface area contributed by atoms with Crippen LogP contribution in [0.3, 0.4) is 0 Å². The van der Waals surface area contributed by atoms with Crippen LogP contribution in [0.1, 0.15) is 26.7 Å². The summed E-state index contributed by atoms with van der Waals surface area (Å²) < 4.78 is 4.91. The molecule has 0 saturated carbocycles. The quantitative estimate of drug-likeness (QED) is 0.320. The van der Waals surface area contributed by atoms with Crippen LogP contribution in [-0.4, -0.2) is 41.7 Å². The van der Waals surface area contributed by atoms with E-state index in [0.717, 1.165) is 0 Å². The summed E-state index contributed by atoms with van der Waals surface area (Å²) in [6.07, 6.45) is 1.08. The van der Waals surface area contributed by atoms with Crippen LogP contribution >= 0.6 is 0 Å². The van der Waals surface area contributed by atoms with Crippen molar-refractivity contribution >= 4 is 11.9 Å². The molecule has 1 aliphatic heterocycles. The smallest absolute Gasteiger partial charge is 0.409 e. The SMILES string of the molecule is CCOC(=O)N1CCC(C)(C(N)=NO)CC1. The van der Waals surface area contributed by atoms with Gasteiger partial charge in [0.15, 0.2) is 0 Å². The van der Waals surface area contributed by atoms with Gasteiger partial charge in [0, 0.05) is 18.5 Å². The second-order valence-corrected chi connectivity index (χ2v) is 4.23. The van der Waals surface area contributed by atoms with Crippen LogP contribution < -0.4 is 5.73 Å². The predicted molar refractivity (Wildman–Crippen MR) is 59.3 cm³/mol. The zero-order chi connectivity index (χ0) is 12.2. The number of hydrogen-bond acceptors (Lipinski definition) is 4. The van der Waals surface area contributed by atoms with Gasteiger partial charge >= 0.3 is 6.09 Å². The summed E-state index contributed by atoms with van der Waals surface area (Å²) in [5.74, 6) is 0.232. The maximum atomic E-state index is 11.4. The molecule has 0 atom stereocenters. The molecule has 1 rings (SSSR count). The highest BCUT2D eigenvalue weighted by atomic mass is 16.6. The van der Waals surface area contributed by atoms with E-state index in [4.69, 9.17) is 15.7 Å². The van der Waals surface area contributed by atoms with Crippen molar-refractivity contribution in [3.63, 3.8) is 0 Å². The molecule has 0 aromatic carbocycles. The molecule has 1 heterocycles. The first-order valence-electron chi connectivity index (χ1n) is 5.43. The largest absolute Gasteiger partial charge is 0.450 e. The number of carbonyl (C=O) groups is 1. The lowest BCUT2D eigenvalue weighted by molar-refractivity contribution is 0.0863. The van der Waals surface area contributed by atoms with Gasteiger partial charge in [-0.2, -0.15) is 0 Å². The van der Waals surface area contributed by atoms with E-state index in [1.54, 1.807) is 11.8 Å². The van der Waals surface area contributed by atoms with Gasteiger partial charge in [-0.05, 0) is 19.8 Å². The van der Waals surface area contributed by atoms with Gasteiger partial charge in [-0.1, -0.05) is 12.1 Å². The molecule has 16 heavy (non-hydrogen) atoms. The third-order valence-corrected chi connectivity index (χ3v) is 3.12. The number of amides is 1. The molecule has 6 heteroatoms. The lowest BCUT2D eigenvalue weighted by Gasteiger charge is -2.37. The van der Waals surface area contributed by atoms with Gasteiger partial charge in [-0.25, -0.2) is 4.79 Å². The Morgan fingerprint density at radius 1 is 1.56 bits per heavy atom. The number of nitrogens with two attached hydrogens (primary N) is 1. The summed E-state index contributed by atoms with van der Waals surface area (Å²) in [6.45, 7) is 5.25. The highest BCUT2D eigenvalue weighted by Crippen LogP contribution is 2.31. The van der Waals surface area contributed by atoms with Gasteiger partial charge in [0.1, 0.15) is 5.84 Å². The average Bonchev–Trinajstić information content (AvgIpc) is 2.29. The zero-order valence-corrected chi connectivity index (χ0v) is 9.77. The maximum absolute atomic E-state index is 11.4. The molecule has 0 unspecified atom stereocenters. The van der Waals surface area contributed by atoms with Crippen molar-refractivity contribution in [1.82, 2.24) is 4.90 Å². The summed E-state index contributed by atoms with van der Waals surface area (Å²) in [5.41, 5.74) is 5.31. The zero-order valence-electron chi connectivity index (χ0n) is 9.77. The van der Waals surface area contributed by atoms with Crippen molar-refractivity contribution in [1.29, 1.82) is 0 Å². The Hall–Kier alpha value is -1.46. The van der Waals surface area contributed by atoms with Gasteiger partial charge in [0.25, 0.3) is 0 Å². The molecule has 1 fully saturated rings. The van der Waals surface area contributed by atoms with Crippen LogP contribution in [0.5, 0.6) is 0 Å². The molecule has 0 aromatic rings. The minimum Gasteiger partial charge on any atom is -0.450 e. The second kappa shape index (κ2) is 5.05. The Balaban J connectivity index is 2.54. The Labute approximate surface area is 95.0 Å². The average molecular weight is 229 g/mol. The Bertz CT molecular complexity index is 283. The molecule has 0 radical (unpaired) electrons. The molecule has 1 amide bonds. The topological polar surface area (TPSA) is 88.2 Å². The second-order valence-electron chi connectivity index (χ2n) is 4.23. The summed E-state index contributed by atoms with van der Waals surface area (Å²) in [6, 6.07) is 0. The van der Waals surface area contributed by atoms with Crippen molar-refractivity contribution in [2.75, 3.05) is 19.7 Å². The fourth-order valence-electron chi connectivity index (χ4n) is 1.77. The predicted octanol–water partition coefficient (Wildman–Crippen LogP) is 0.991. The van der Waals surface area contributed by atoms with E-state index < -0.39 is 0 Å². The van der Waals surface area contributed by atoms with Gasteiger partial charge in [-0.3, -0.25) is 0 Å². The lowest BCUT2D eigenvalue weighted by Crippen LogP contribution is -2.47. The van der Waals surface area contributed by atoms with E-state index in [1.165, 1.54) is 0 Å². The van der Waals surface area contributed by atoms with Crippen LogP contribution in [0.15, 0.2) is 5.16 Å². The first kappa shape index (κ1) is 12.6. The van der Waals surface area contributed by atoms with Crippen molar-refractivity contribution in [3.05, 3.63) is 0 Å². The van der Waals surface area contributed by atoms with Crippen LogP contribution in [-0.2, 0) is 4.74 Å². The number of amidine groups is 1. The highest BCUT2D eigenvalue weighted by Gasteiger charge is 2.35. The fraction of sp³-hybridized carbons (Fsp3) is 0.800. The Morgan fingerprint density at radius 3 is 2.56 bits per heavy atom. The van der Waals surface area contributed by atoms with E-state index >= 15 is 0 Å². The minimum absolute atomic E-state index is 0.232. The van der Waals surface area contributed by atoms with Crippen molar-refractivity contribution in [3.8, 4) is 0 Å². The Kier molecular flexibility index (Phi) is 3.98. The number of ether oxygens (including phenoxy) is 1. The first-order valence-corrected chi connectivity index (χ1v) is 5.43. The van der Waals surface area contributed by atoms with Gasteiger partial charge in [0.2, 0.25) is 0 Å². The van der Waals surface area contributed by atoms with Gasteiger partial charge in [0.05, 0.1) is 6.61 Å². The molecule has 0 bridgehead atoms. The molecule has 3 N–H and O–H groups in total. The fourth-order valence-corrected chi connectivity index (χ4v) is 1.77. The third-order valence-electron chi connectivity index (χ3n) is 3.12. The molecular weight excluding hydrogens is 210 g/mol. The van der Waals surface area contributed by atoms with Crippen molar-refractivity contribution in [2.24, 2.45) is 16.3 Å². The minimum atomic E-state index is -0.322. The summed E-state index contributed by atoms with van der Waals surface area (Å²) in [7, 11) is 0. The molecule has 0 aromatic heterocycles. The number of rotatable bonds is 2. The standard InChI is InChI=1S/C10H19N3O3/c1-3-16-9(14)13-6-4-10(2,5-7-13)8(11)12-15/h15H,3-7H2,1-2H3,(H2,11,12). The van der Waals surface area contributed by atoms with E-state index in [-0.39, 0.29) is 17.3 Å². The third kappa shape index (κ3) is 2.56. The van der Waals surface area contributed by atoms with Crippen LogP contribution in [0, 0.1) is 5.41 Å². The molecule has 1 aliphatic rings. The van der Waals surface area contributed by atoms with E-state index in [1.807, 2.05) is 6.92 Å². The number of likely N-dealkylation sites (tertiary alicyclic amines) is 1. The summed E-state index contributed by atoms with van der Waals surface area (Å²) in [4.78, 5) is 13.1. The van der Waals surface area contributed by atoms with Gasteiger partial charge in [-0.15, -0.1) is 0 Å². The number of nitrogens with zero attached hydrogens (tertiary/aromatic N) is 2. The molecule has 1 saturated heterocycles. The first-order chi connectivity index (χ1) is 7.53. The van der Waals surface area contributed by atoms with Crippen molar-refractivity contribution in [2.45, 2.75) is 26.7 Å². The molecule has 6 nitrogen and oxygen atoms in total. The van der Waals surface area contributed by atoms with E-state index in [0.29, 0.717) is 32.5 Å². The van der Waals surface area contributed by atoms with Crippen LogP contribution in [0.2, 0.25) is 0 Å². The highest BCUT2D eigenvalue weighted by molar-refractivity contribution is 5.86. The summed E-state index contributed by atoms with van der Waals surface area (Å²) in [5, 5.41) is 11.7. The molecule has 92 valence electrons.